The first-order chi connectivity index (χ1) is 12.9. The number of fused-ring (bicyclic) bond motifs is 1. The molecule has 3 fully saturated rings. The summed E-state index contributed by atoms with van der Waals surface area (Å²) in [6, 6.07) is 8.49. The lowest BCUT2D eigenvalue weighted by Gasteiger charge is -2.56. The molecular weight excluding hydrogens is 358 g/mol. The number of nitrogens with zero attached hydrogens (tertiary/aromatic N) is 3. The van der Waals surface area contributed by atoms with Gasteiger partial charge in [-0.3, -0.25) is 14.6 Å². The molecule has 1 aromatic carbocycles. The minimum atomic E-state index is 0.0175. The molecule has 0 aromatic heterocycles. The monoisotopic (exact) mass is 389 g/mol. The van der Waals surface area contributed by atoms with Gasteiger partial charge in [0.25, 0.3) is 5.91 Å². The van der Waals surface area contributed by atoms with E-state index in [1.807, 2.05) is 24.3 Å². The third-order valence-corrected chi connectivity index (χ3v) is 7.02. The summed E-state index contributed by atoms with van der Waals surface area (Å²) in [4.78, 5) is 20.5. The minimum Gasteiger partial charge on any atom is -0.335 e. The molecule has 4 nitrogen and oxygen atoms in total. The van der Waals surface area contributed by atoms with Gasteiger partial charge in [-0.15, -0.1) is 0 Å². The molecule has 148 valence electrons. The number of hydrogen-bond donors (Lipinski definition) is 0. The largest absolute Gasteiger partial charge is 0.335 e. The number of rotatable bonds is 2. The van der Waals surface area contributed by atoms with Crippen molar-refractivity contribution in [1.82, 2.24) is 14.7 Å². The Morgan fingerprint density at radius 3 is 2.41 bits per heavy atom. The summed E-state index contributed by atoms with van der Waals surface area (Å²) in [6.07, 6.45) is 6.85. The second kappa shape index (κ2) is 7.73. The fourth-order valence-electron chi connectivity index (χ4n) is 5.42. The van der Waals surface area contributed by atoms with Crippen molar-refractivity contribution in [2.45, 2.75) is 63.6 Å². The summed E-state index contributed by atoms with van der Waals surface area (Å²) < 4.78 is 0. The van der Waals surface area contributed by atoms with Crippen LogP contribution < -0.4 is 0 Å². The molecule has 2 saturated heterocycles. The number of hydrogen-bond acceptors (Lipinski definition) is 3. The minimum absolute atomic E-state index is 0.0175. The Morgan fingerprint density at radius 2 is 1.70 bits per heavy atom. The Balaban J connectivity index is 1.48. The maximum absolute atomic E-state index is 13.1. The number of amides is 1. The first-order valence-electron chi connectivity index (χ1n) is 10.5. The van der Waals surface area contributed by atoms with Crippen molar-refractivity contribution < 1.29 is 4.79 Å². The highest BCUT2D eigenvalue weighted by molar-refractivity contribution is 6.30. The Bertz CT molecular complexity index is 669. The van der Waals surface area contributed by atoms with Crippen molar-refractivity contribution in [1.29, 1.82) is 0 Å². The molecule has 1 aromatic rings. The predicted molar refractivity (Wildman–Crippen MR) is 110 cm³/mol. The highest BCUT2D eigenvalue weighted by atomic mass is 35.5. The van der Waals surface area contributed by atoms with E-state index in [4.69, 9.17) is 11.6 Å². The molecule has 2 heterocycles. The van der Waals surface area contributed by atoms with E-state index in [-0.39, 0.29) is 11.4 Å². The zero-order chi connectivity index (χ0) is 19.0. The third-order valence-electron chi connectivity index (χ3n) is 6.77. The average Bonchev–Trinajstić information content (AvgIpc) is 2.67. The molecule has 1 atom stereocenters. The topological polar surface area (TPSA) is 26.8 Å². The van der Waals surface area contributed by atoms with Gasteiger partial charge < -0.3 is 4.90 Å². The van der Waals surface area contributed by atoms with Crippen LogP contribution in [0, 0.1) is 0 Å². The Morgan fingerprint density at radius 1 is 1.00 bits per heavy atom. The maximum Gasteiger partial charge on any atom is 0.253 e. The summed E-state index contributed by atoms with van der Waals surface area (Å²) in [5.74, 6) is 0.134. The summed E-state index contributed by atoms with van der Waals surface area (Å²) >= 11 is 5.99. The van der Waals surface area contributed by atoms with Crippen molar-refractivity contribution >= 4 is 17.5 Å². The molecule has 0 N–H and O–H groups in total. The van der Waals surface area contributed by atoms with Crippen molar-refractivity contribution in [3.63, 3.8) is 0 Å². The summed E-state index contributed by atoms with van der Waals surface area (Å²) in [7, 11) is 0. The lowest BCUT2D eigenvalue weighted by atomic mass is 9.89. The Labute approximate surface area is 168 Å². The molecule has 1 amide bonds. The number of carbonyl (C=O) groups is 1. The molecule has 4 rings (SSSR count). The first kappa shape index (κ1) is 19.2. The smallest absolute Gasteiger partial charge is 0.253 e. The fourth-order valence-corrected chi connectivity index (χ4v) is 5.54. The zero-order valence-electron chi connectivity index (χ0n) is 16.7. The van der Waals surface area contributed by atoms with Gasteiger partial charge >= 0.3 is 0 Å². The van der Waals surface area contributed by atoms with E-state index in [0.717, 1.165) is 37.8 Å². The van der Waals surface area contributed by atoms with Gasteiger partial charge in [0.2, 0.25) is 0 Å². The van der Waals surface area contributed by atoms with E-state index in [0.29, 0.717) is 11.1 Å². The molecule has 0 bridgehead atoms. The van der Waals surface area contributed by atoms with Gasteiger partial charge in [-0.25, -0.2) is 0 Å². The molecule has 2 aliphatic heterocycles. The van der Waals surface area contributed by atoms with Crippen LogP contribution in [-0.2, 0) is 0 Å². The van der Waals surface area contributed by atoms with Crippen molar-refractivity contribution in [2.24, 2.45) is 0 Å². The van der Waals surface area contributed by atoms with Gasteiger partial charge in [-0.05, 0) is 51.0 Å². The van der Waals surface area contributed by atoms with Gasteiger partial charge in [-0.2, -0.15) is 0 Å². The molecule has 0 radical (unpaired) electrons. The quantitative estimate of drug-likeness (QED) is 0.767. The Hall–Kier alpha value is -1.10. The number of halogens is 1. The lowest BCUT2D eigenvalue weighted by molar-refractivity contribution is -0.0670. The van der Waals surface area contributed by atoms with E-state index < -0.39 is 0 Å². The first-order valence-corrected chi connectivity index (χ1v) is 10.9. The molecule has 0 unspecified atom stereocenters. The predicted octanol–water partition coefficient (Wildman–Crippen LogP) is 3.89. The third kappa shape index (κ3) is 4.03. The van der Waals surface area contributed by atoms with Crippen LogP contribution in [0.5, 0.6) is 0 Å². The van der Waals surface area contributed by atoms with Crippen LogP contribution in [0.25, 0.3) is 0 Å². The highest BCUT2D eigenvalue weighted by Crippen LogP contribution is 2.32. The van der Waals surface area contributed by atoms with Crippen LogP contribution in [-0.4, -0.2) is 71.0 Å². The van der Waals surface area contributed by atoms with Crippen LogP contribution in [0.4, 0.5) is 0 Å². The van der Waals surface area contributed by atoms with Crippen LogP contribution in [0.3, 0.4) is 0 Å². The zero-order valence-corrected chi connectivity index (χ0v) is 17.4. The van der Waals surface area contributed by atoms with Crippen molar-refractivity contribution in [3.05, 3.63) is 34.9 Å². The van der Waals surface area contributed by atoms with E-state index >= 15 is 0 Å². The molecule has 3 aliphatic rings. The van der Waals surface area contributed by atoms with Gasteiger partial charge in [0.05, 0.1) is 0 Å². The van der Waals surface area contributed by atoms with Crippen LogP contribution in [0.1, 0.15) is 56.3 Å². The number of piperazine rings is 2. The summed E-state index contributed by atoms with van der Waals surface area (Å²) in [5, 5.41) is 0.673. The molecule has 1 saturated carbocycles. The van der Waals surface area contributed by atoms with E-state index in [1.54, 1.807) is 0 Å². The van der Waals surface area contributed by atoms with Gasteiger partial charge in [0, 0.05) is 60.9 Å². The van der Waals surface area contributed by atoms with E-state index in [1.165, 1.54) is 38.6 Å². The lowest BCUT2D eigenvalue weighted by Crippen LogP contribution is -2.71. The van der Waals surface area contributed by atoms with E-state index in [9.17, 15) is 4.79 Å². The Kier molecular flexibility index (Phi) is 5.50. The van der Waals surface area contributed by atoms with E-state index in [2.05, 4.69) is 28.5 Å². The SMILES string of the molecule is CC1(C)CN(C(=O)c2ccc(Cl)cc2)C[C@@H]2CN(C3CCCCC3)CCN21. The normalized spacial score (nSPS) is 27.4. The van der Waals surface area contributed by atoms with Crippen LogP contribution >= 0.6 is 11.6 Å². The molecular formula is C22H32ClN3O. The number of benzene rings is 1. The fraction of sp³-hybridized carbons (Fsp3) is 0.682. The van der Waals surface area contributed by atoms with Crippen LogP contribution in [0.2, 0.25) is 5.02 Å². The molecule has 0 spiro atoms. The maximum atomic E-state index is 13.1. The second-order valence-electron chi connectivity index (χ2n) is 9.14. The summed E-state index contributed by atoms with van der Waals surface area (Å²) in [6.45, 7) is 9.59. The highest BCUT2D eigenvalue weighted by Gasteiger charge is 2.44. The molecule has 5 heteroatoms. The standard InChI is InChI=1S/C22H32ClN3O/c1-22(2)16-25(21(27)17-8-10-18(23)11-9-17)15-20-14-24(12-13-26(20)22)19-6-4-3-5-7-19/h8-11,19-20H,3-7,12-16H2,1-2H3/t20-/m0/s1. The molecule has 1 aliphatic carbocycles. The van der Waals surface area contributed by atoms with Gasteiger partial charge in [-0.1, -0.05) is 30.9 Å². The van der Waals surface area contributed by atoms with Crippen LogP contribution in [0.15, 0.2) is 24.3 Å². The van der Waals surface area contributed by atoms with Gasteiger partial charge in [0.15, 0.2) is 0 Å². The average molecular weight is 390 g/mol. The van der Waals surface area contributed by atoms with Gasteiger partial charge in [0.1, 0.15) is 0 Å². The summed E-state index contributed by atoms with van der Waals surface area (Å²) in [5.41, 5.74) is 0.757. The number of carbonyl (C=O) groups excluding carboxylic acids is 1. The second-order valence-corrected chi connectivity index (χ2v) is 9.58. The van der Waals surface area contributed by atoms with Crippen molar-refractivity contribution in [3.8, 4) is 0 Å². The molecule has 27 heavy (non-hydrogen) atoms. The van der Waals surface area contributed by atoms with Crippen molar-refractivity contribution in [2.75, 3.05) is 32.7 Å².